The number of carbonyl (C=O) groups excluding carboxylic acids is 1. The SMILES string of the molecule is O=C(c1nc(C(F)(F)F)cs1)N1CCCCC1. The minimum absolute atomic E-state index is 0.0702. The van der Waals surface area contributed by atoms with E-state index < -0.39 is 11.9 Å². The van der Waals surface area contributed by atoms with Gasteiger partial charge in [0.2, 0.25) is 0 Å². The van der Waals surface area contributed by atoms with E-state index in [-0.39, 0.29) is 10.9 Å². The Balaban J connectivity index is 2.11. The molecule has 0 spiro atoms. The van der Waals surface area contributed by atoms with Crippen molar-refractivity contribution in [1.29, 1.82) is 0 Å². The van der Waals surface area contributed by atoms with E-state index in [0.29, 0.717) is 13.1 Å². The van der Waals surface area contributed by atoms with Gasteiger partial charge in [-0.3, -0.25) is 4.79 Å². The average Bonchev–Trinajstić information content (AvgIpc) is 2.78. The third kappa shape index (κ3) is 2.77. The van der Waals surface area contributed by atoms with E-state index in [9.17, 15) is 18.0 Å². The number of nitrogens with zero attached hydrogens (tertiary/aromatic N) is 2. The van der Waals surface area contributed by atoms with Gasteiger partial charge in [0.1, 0.15) is 0 Å². The van der Waals surface area contributed by atoms with Gasteiger partial charge in [-0.05, 0) is 19.3 Å². The number of aromatic nitrogens is 1. The van der Waals surface area contributed by atoms with E-state index >= 15 is 0 Å². The van der Waals surface area contributed by atoms with Crippen LogP contribution < -0.4 is 0 Å². The van der Waals surface area contributed by atoms with E-state index in [1.54, 1.807) is 4.90 Å². The Bertz CT molecular complexity index is 410. The maximum atomic E-state index is 12.3. The number of piperidine rings is 1. The van der Waals surface area contributed by atoms with Crippen LogP contribution in [0, 0.1) is 0 Å². The molecule has 2 rings (SSSR count). The first-order chi connectivity index (χ1) is 7.98. The molecule has 1 aliphatic heterocycles. The van der Waals surface area contributed by atoms with Crippen molar-refractivity contribution in [1.82, 2.24) is 9.88 Å². The molecule has 1 aromatic heterocycles. The van der Waals surface area contributed by atoms with Gasteiger partial charge in [-0.2, -0.15) is 13.2 Å². The lowest BCUT2D eigenvalue weighted by Crippen LogP contribution is -2.35. The van der Waals surface area contributed by atoms with Gasteiger partial charge in [0.15, 0.2) is 10.7 Å². The molecule has 2 heterocycles. The number of rotatable bonds is 1. The van der Waals surface area contributed by atoms with Crippen LogP contribution in [0.3, 0.4) is 0 Å². The number of amides is 1. The average molecular weight is 264 g/mol. The van der Waals surface area contributed by atoms with Crippen molar-refractivity contribution in [2.75, 3.05) is 13.1 Å². The summed E-state index contributed by atoms with van der Waals surface area (Å²) in [7, 11) is 0. The van der Waals surface area contributed by atoms with Crippen molar-refractivity contribution in [3.8, 4) is 0 Å². The summed E-state index contributed by atoms with van der Waals surface area (Å²) in [5, 5.41) is 0.816. The highest BCUT2D eigenvalue weighted by molar-refractivity contribution is 7.11. The summed E-state index contributed by atoms with van der Waals surface area (Å²) in [4.78, 5) is 16.8. The van der Waals surface area contributed by atoms with Crippen molar-refractivity contribution in [3.05, 3.63) is 16.1 Å². The topological polar surface area (TPSA) is 33.2 Å². The number of likely N-dealkylation sites (tertiary alicyclic amines) is 1. The molecule has 0 radical (unpaired) electrons. The van der Waals surface area contributed by atoms with Gasteiger partial charge in [-0.25, -0.2) is 4.98 Å². The summed E-state index contributed by atoms with van der Waals surface area (Å²) in [5.41, 5.74) is -0.983. The van der Waals surface area contributed by atoms with E-state index in [1.165, 1.54) is 0 Å². The zero-order valence-electron chi connectivity index (χ0n) is 8.96. The van der Waals surface area contributed by atoms with Crippen LogP contribution in [0.4, 0.5) is 13.2 Å². The van der Waals surface area contributed by atoms with Crippen molar-refractivity contribution in [2.24, 2.45) is 0 Å². The number of carbonyl (C=O) groups is 1. The molecule has 0 atom stereocenters. The van der Waals surface area contributed by atoms with E-state index in [2.05, 4.69) is 4.98 Å². The summed E-state index contributed by atoms with van der Waals surface area (Å²) < 4.78 is 37.0. The molecule has 3 nitrogen and oxygen atoms in total. The molecule has 1 fully saturated rings. The van der Waals surface area contributed by atoms with Gasteiger partial charge >= 0.3 is 6.18 Å². The van der Waals surface area contributed by atoms with Crippen LogP contribution in [-0.4, -0.2) is 28.9 Å². The normalized spacial score (nSPS) is 17.2. The second-order valence-electron chi connectivity index (χ2n) is 3.89. The lowest BCUT2D eigenvalue weighted by atomic mass is 10.1. The van der Waals surface area contributed by atoms with Gasteiger partial charge < -0.3 is 4.90 Å². The minimum Gasteiger partial charge on any atom is -0.337 e. The van der Waals surface area contributed by atoms with Crippen LogP contribution in [0.2, 0.25) is 0 Å². The van der Waals surface area contributed by atoms with Crippen molar-refractivity contribution in [2.45, 2.75) is 25.4 Å². The Morgan fingerprint density at radius 2 is 1.94 bits per heavy atom. The zero-order chi connectivity index (χ0) is 12.5. The van der Waals surface area contributed by atoms with E-state index in [1.807, 2.05) is 0 Å². The quantitative estimate of drug-likeness (QED) is 0.781. The monoisotopic (exact) mass is 264 g/mol. The Morgan fingerprint density at radius 1 is 1.29 bits per heavy atom. The molecule has 7 heteroatoms. The van der Waals surface area contributed by atoms with Crippen molar-refractivity contribution >= 4 is 17.2 Å². The van der Waals surface area contributed by atoms with Crippen molar-refractivity contribution in [3.63, 3.8) is 0 Å². The van der Waals surface area contributed by atoms with Gasteiger partial charge in [-0.1, -0.05) is 0 Å². The number of halogens is 3. The van der Waals surface area contributed by atoms with Gasteiger partial charge in [0.05, 0.1) is 0 Å². The third-order valence-electron chi connectivity index (χ3n) is 2.62. The molecular formula is C10H11F3N2OS. The fourth-order valence-electron chi connectivity index (χ4n) is 1.73. The highest BCUT2D eigenvalue weighted by Gasteiger charge is 2.35. The Morgan fingerprint density at radius 3 is 2.47 bits per heavy atom. The van der Waals surface area contributed by atoms with Gasteiger partial charge in [0.25, 0.3) is 5.91 Å². The highest BCUT2D eigenvalue weighted by atomic mass is 32.1. The van der Waals surface area contributed by atoms with Crippen LogP contribution in [0.1, 0.15) is 34.8 Å². The molecule has 1 aromatic rings. The second-order valence-corrected chi connectivity index (χ2v) is 4.75. The number of hydrogen-bond donors (Lipinski definition) is 0. The van der Waals surface area contributed by atoms with Crippen LogP contribution in [0.5, 0.6) is 0 Å². The molecular weight excluding hydrogens is 253 g/mol. The summed E-state index contributed by atoms with van der Waals surface area (Å²) in [5.74, 6) is -0.384. The summed E-state index contributed by atoms with van der Waals surface area (Å²) in [6.07, 6.45) is -1.60. The fraction of sp³-hybridized carbons (Fsp3) is 0.600. The molecule has 17 heavy (non-hydrogen) atoms. The molecule has 0 saturated carbocycles. The summed E-state index contributed by atoms with van der Waals surface area (Å²) >= 11 is 0.756. The largest absolute Gasteiger partial charge is 0.434 e. The third-order valence-corrected chi connectivity index (χ3v) is 3.45. The maximum Gasteiger partial charge on any atom is 0.434 e. The lowest BCUT2D eigenvalue weighted by Gasteiger charge is -2.25. The number of hydrogen-bond acceptors (Lipinski definition) is 3. The molecule has 1 saturated heterocycles. The minimum atomic E-state index is -4.48. The van der Waals surface area contributed by atoms with Crippen molar-refractivity contribution < 1.29 is 18.0 Å². The lowest BCUT2D eigenvalue weighted by molar-refractivity contribution is -0.140. The first kappa shape index (κ1) is 12.3. The number of alkyl halides is 3. The summed E-state index contributed by atoms with van der Waals surface area (Å²) in [6.45, 7) is 1.22. The highest BCUT2D eigenvalue weighted by Crippen LogP contribution is 2.30. The Hall–Kier alpha value is -1.11. The van der Waals surface area contributed by atoms with Crippen LogP contribution in [-0.2, 0) is 6.18 Å². The molecule has 0 N–H and O–H groups in total. The first-order valence-electron chi connectivity index (χ1n) is 5.30. The molecule has 1 amide bonds. The van der Waals surface area contributed by atoms with Crippen LogP contribution >= 0.6 is 11.3 Å². The molecule has 0 unspecified atom stereocenters. The van der Waals surface area contributed by atoms with Crippen LogP contribution in [0.15, 0.2) is 5.38 Å². The van der Waals surface area contributed by atoms with E-state index in [0.717, 1.165) is 36.0 Å². The number of thiazole rings is 1. The zero-order valence-corrected chi connectivity index (χ0v) is 9.77. The van der Waals surface area contributed by atoms with Gasteiger partial charge in [0, 0.05) is 18.5 Å². The fourth-order valence-corrected chi connectivity index (χ4v) is 2.52. The first-order valence-corrected chi connectivity index (χ1v) is 6.18. The Labute approximate surface area is 100 Å². The molecule has 0 bridgehead atoms. The predicted molar refractivity (Wildman–Crippen MR) is 56.9 cm³/mol. The van der Waals surface area contributed by atoms with E-state index in [4.69, 9.17) is 0 Å². The standard InChI is InChI=1S/C10H11F3N2OS/c11-10(12,13)7-6-17-8(14-7)9(16)15-4-2-1-3-5-15/h6H,1-5H2. The second kappa shape index (κ2) is 4.64. The Kier molecular flexibility index (Phi) is 3.37. The maximum absolute atomic E-state index is 12.3. The summed E-state index contributed by atoms with van der Waals surface area (Å²) in [6, 6.07) is 0. The molecule has 94 valence electrons. The van der Waals surface area contributed by atoms with Gasteiger partial charge in [-0.15, -0.1) is 11.3 Å². The smallest absolute Gasteiger partial charge is 0.337 e. The predicted octanol–water partition coefficient (Wildman–Crippen LogP) is 2.79. The van der Waals surface area contributed by atoms with Crippen LogP contribution in [0.25, 0.3) is 0 Å². The molecule has 1 aliphatic rings. The molecule has 0 aliphatic carbocycles. The molecule has 0 aromatic carbocycles.